The molecule has 7 nitrogen and oxygen atoms in total. The number of likely N-dealkylation sites (tertiary alicyclic amines) is 1. The Labute approximate surface area is 152 Å². The van der Waals surface area contributed by atoms with Crippen LogP contribution in [0, 0.1) is 0 Å². The van der Waals surface area contributed by atoms with Gasteiger partial charge in [0, 0.05) is 31.7 Å². The molecule has 0 bridgehead atoms. The summed E-state index contributed by atoms with van der Waals surface area (Å²) in [6.07, 6.45) is 9.19. The van der Waals surface area contributed by atoms with Gasteiger partial charge in [0.25, 0.3) is 5.91 Å². The van der Waals surface area contributed by atoms with Gasteiger partial charge in [0.1, 0.15) is 5.69 Å². The van der Waals surface area contributed by atoms with E-state index in [1.54, 1.807) is 30.7 Å². The Morgan fingerprint density at radius 3 is 2.85 bits per heavy atom. The Kier molecular flexibility index (Phi) is 4.79. The Hall–Kier alpha value is -2.54. The van der Waals surface area contributed by atoms with Crippen molar-refractivity contribution in [3.05, 3.63) is 48.5 Å². The maximum absolute atomic E-state index is 12.6. The minimum absolute atomic E-state index is 0.0102. The van der Waals surface area contributed by atoms with Crippen LogP contribution in [-0.2, 0) is 4.74 Å². The second-order valence-electron chi connectivity index (χ2n) is 6.96. The number of ether oxygens (including phenoxy) is 1. The third-order valence-corrected chi connectivity index (χ3v) is 5.12. The molecule has 2 aliphatic rings. The van der Waals surface area contributed by atoms with Crippen molar-refractivity contribution in [2.45, 2.75) is 37.4 Å². The lowest BCUT2D eigenvalue weighted by atomic mass is 9.90. The lowest BCUT2D eigenvalue weighted by Crippen LogP contribution is -2.45. The van der Waals surface area contributed by atoms with Gasteiger partial charge in [-0.05, 0) is 43.9 Å². The van der Waals surface area contributed by atoms with Gasteiger partial charge in [0.15, 0.2) is 0 Å². The molecule has 1 N–H and O–H groups in total. The number of amides is 1. The fourth-order valence-corrected chi connectivity index (χ4v) is 3.83. The monoisotopic (exact) mass is 353 g/mol. The molecule has 2 aromatic heterocycles. The summed E-state index contributed by atoms with van der Waals surface area (Å²) in [5.74, 6) is 0.609. The lowest BCUT2D eigenvalue weighted by Gasteiger charge is -2.38. The molecule has 0 saturated carbocycles. The Bertz CT molecular complexity index is 742. The van der Waals surface area contributed by atoms with E-state index in [2.05, 4.69) is 20.3 Å². The zero-order valence-corrected chi connectivity index (χ0v) is 14.7. The van der Waals surface area contributed by atoms with Crippen LogP contribution in [0.4, 0.5) is 5.95 Å². The van der Waals surface area contributed by atoms with E-state index in [0.717, 1.165) is 32.2 Å². The lowest BCUT2D eigenvalue weighted by molar-refractivity contribution is -0.114. The molecule has 7 heteroatoms. The molecule has 4 heterocycles. The largest absolute Gasteiger partial charge is 0.368 e. The highest BCUT2D eigenvalue weighted by atomic mass is 16.5. The van der Waals surface area contributed by atoms with E-state index in [4.69, 9.17) is 4.74 Å². The predicted octanol–water partition coefficient (Wildman–Crippen LogP) is 2.14. The first-order valence-electron chi connectivity index (χ1n) is 9.13. The van der Waals surface area contributed by atoms with E-state index in [0.29, 0.717) is 24.7 Å². The summed E-state index contributed by atoms with van der Waals surface area (Å²) in [4.78, 5) is 27.1. The van der Waals surface area contributed by atoms with E-state index in [1.807, 2.05) is 17.0 Å². The number of hydrogen-bond acceptors (Lipinski definition) is 6. The van der Waals surface area contributed by atoms with Gasteiger partial charge in [0.2, 0.25) is 5.95 Å². The molecule has 2 atom stereocenters. The molecule has 2 aliphatic heterocycles. The maximum atomic E-state index is 12.6. The van der Waals surface area contributed by atoms with Crippen molar-refractivity contribution >= 4 is 11.9 Å². The number of anilines is 1. The standard InChI is InChI=1S/C19H23N5O2/c25-17(16-6-1-2-9-20-16)24-12-8-19(14-24)7-3-5-15(26-19)13-23-18-21-10-4-11-22-18/h1-2,4,6,9-11,15H,3,5,7-8,12-14H2,(H,21,22,23)/t15-,19-/m1/s1. The van der Waals surface area contributed by atoms with Crippen LogP contribution in [0.1, 0.15) is 36.2 Å². The zero-order chi connectivity index (χ0) is 17.8. The number of hydrogen-bond donors (Lipinski definition) is 1. The summed E-state index contributed by atoms with van der Waals surface area (Å²) >= 11 is 0. The molecule has 2 saturated heterocycles. The Balaban J connectivity index is 1.36. The quantitative estimate of drug-likeness (QED) is 0.907. The number of nitrogens with one attached hydrogen (secondary N) is 1. The molecule has 4 rings (SSSR count). The first-order chi connectivity index (χ1) is 12.7. The van der Waals surface area contributed by atoms with Gasteiger partial charge < -0.3 is 15.0 Å². The third-order valence-electron chi connectivity index (χ3n) is 5.12. The molecular formula is C19H23N5O2. The van der Waals surface area contributed by atoms with Gasteiger partial charge in [0.05, 0.1) is 18.2 Å². The number of carbonyl (C=O) groups excluding carboxylic acids is 1. The Morgan fingerprint density at radius 1 is 1.19 bits per heavy atom. The highest BCUT2D eigenvalue weighted by molar-refractivity contribution is 5.92. The van der Waals surface area contributed by atoms with Crippen LogP contribution in [0.2, 0.25) is 0 Å². The van der Waals surface area contributed by atoms with Crippen LogP contribution in [0.25, 0.3) is 0 Å². The highest BCUT2D eigenvalue weighted by Gasteiger charge is 2.44. The fourth-order valence-electron chi connectivity index (χ4n) is 3.83. The molecule has 136 valence electrons. The molecule has 1 amide bonds. The van der Waals surface area contributed by atoms with E-state index in [9.17, 15) is 4.79 Å². The van der Waals surface area contributed by atoms with Gasteiger partial charge in [-0.1, -0.05) is 6.07 Å². The first kappa shape index (κ1) is 16.9. The van der Waals surface area contributed by atoms with Gasteiger partial charge in [-0.15, -0.1) is 0 Å². The second kappa shape index (κ2) is 7.37. The van der Waals surface area contributed by atoms with Crippen molar-refractivity contribution in [1.29, 1.82) is 0 Å². The van der Waals surface area contributed by atoms with Crippen molar-refractivity contribution in [1.82, 2.24) is 19.9 Å². The predicted molar refractivity (Wildman–Crippen MR) is 96.7 cm³/mol. The van der Waals surface area contributed by atoms with E-state index >= 15 is 0 Å². The van der Waals surface area contributed by atoms with Crippen LogP contribution >= 0.6 is 0 Å². The summed E-state index contributed by atoms with van der Waals surface area (Å²) in [7, 11) is 0. The molecule has 0 radical (unpaired) electrons. The van der Waals surface area contributed by atoms with E-state index < -0.39 is 0 Å². The average Bonchev–Trinajstić information content (AvgIpc) is 3.10. The summed E-state index contributed by atoms with van der Waals surface area (Å²) in [5.41, 5.74) is 0.270. The fraction of sp³-hybridized carbons (Fsp3) is 0.474. The van der Waals surface area contributed by atoms with Crippen LogP contribution in [-0.4, -0.2) is 57.1 Å². The van der Waals surface area contributed by atoms with Gasteiger partial charge in [-0.25, -0.2) is 9.97 Å². The topological polar surface area (TPSA) is 80.2 Å². The molecule has 0 unspecified atom stereocenters. The number of pyridine rings is 1. The normalized spacial score (nSPS) is 25.4. The van der Waals surface area contributed by atoms with Crippen molar-refractivity contribution in [3.63, 3.8) is 0 Å². The van der Waals surface area contributed by atoms with Crippen molar-refractivity contribution < 1.29 is 9.53 Å². The summed E-state index contributed by atoms with van der Waals surface area (Å²) < 4.78 is 6.44. The highest BCUT2D eigenvalue weighted by Crippen LogP contribution is 2.37. The number of aromatic nitrogens is 3. The maximum Gasteiger partial charge on any atom is 0.272 e. The first-order valence-corrected chi connectivity index (χ1v) is 9.13. The molecular weight excluding hydrogens is 330 g/mol. The smallest absolute Gasteiger partial charge is 0.272 e. The summed E-state index contributed by atoms with van der Waals surface area (Å²) in [5, 5.41) is 3.24. The molecule has 26 heavy (non-hydrogen) atoms. The number of rotatable bonds is 4. The molecule has 0 aromatic carbocycles. The Morgan fingerprint density at radius 2 is 2.04 bits per heavy atom. The molecule has 2 aromatic rings. The van der Waals surface area contributed by atoms with Crippen LogP contribution in [0.3, 0.4) is 0 Å². The SMILES string of the molecule is O=C(c1ccccn1)N1CC[C@]2(CCC[C@H](CNc3ncccn3)O2)C1. The van der Waals surface area contributed by atoms with Gasteiger partial charge in [-0.3, -0.25) is 9.78 Å². The van der Waals surface area contributed by atoms with Crippen molar-refractivity contribution in [2.24, 2.45) is 0 Å². The average molecular weight is 353 g/mol. The number of carbonyl (C=O) groups is 1. The van der Waals surface area contributed by atoms with E-state index in [-0.39, 0.29) is 17.6 Å². The van der Waals surface area contributed by atoms with Crippen LogP contribution in [0.15, 0.2) is 42.9 Å². The molecule has 1 spiro atoms. The summed E-state index contributed by atoms with van der Waals surface area (Å²) in [6.45, 7) is 2.04. The molecule has 0 aliphatic carbocycles. The van der Waals surface area contributed by atoms with Crippen LogP contribution < -0.4 is 5.32 Å². The van der Waals surface area contributed by atoms with Crippen LogP contribution in [0.5, 0.6) is 0 Å². The van der Waals surface area contributed by atoms with E-state index in [1.165, 1.54) is 0 Å². The van der Waals surface area contributed by atoms with Crippen molar-refractivity contribution in [3.8, 4) is 0 Å². The summed E-state index contributed by atoms with van der Waals surface area (Å²) in [6, 6.07) is 7.22. The minimum atomic E-state index is -0.230. The molecule has 2 fully saturated rings. The minimum Gasteiger partial charge on any atom is -0.368 e. The second-order valence-corrected chi connectivity index (χ2v) is 6.96. The zero-order valence-electron chi connectivity index (χ0n) is 14.7. The van der Waals surface area contributed by atoms with Gasteiger partial charge >= 0.3 is 0 Å². The van der Waals surface area contributed by atoms with Gasteiger partial charge in [-0.2, -0.15) is 0 Å². The van der Waals surface area contributed by atoms with Crippen molar-refractivity contribution in [2.75, 3.05) is 25.0 Å². The third kappa shape index (κ3) is 3.67. The number of nitrogens with zero attached hydrogens (tertiary/aromatic N) is 4.